The first-order valence-electron chi connectivity index (χ1n) is 7.03. The molecule has 3 heteroatoms. The van der Waals surface area contributed by atoms with Crippen molar-refractivity contribution in [1.29, 1.82) is 0 Å². The topological polar surface area (TPSA) is 57.5 Å². The molecule has 0 aromatic rings. The maximum atomic E-state index is 10.4. The Morgan fingerprint density at radius 2 is 1.84 bits per heavy atom. The Morgan fingerprint density at radius 1 is 1.21 bits per heavy atom. The number of aliphatic hydroxyl groups excluding tert-OH is 1. The summed E-state index contributed by atoms with van der Waals surface area (Å²) in [5, 5.41) is 18.6. The number of carbonyl (C=O) groups is 1. The number of allylic oxidation sites excluding steroid dienone is 3. The van der Waals surface area contributed by atoms with E-state index >= 15 is 0 Å². The zero-order valence-corrected chi connectivity index (χ0v) is 12.6. The number of hydrogen-bond donors (Lipinski definition) is 2. The molecule has 0 heterocycles. The second-order valence-electron chi connectivity index (χ2n) is 5.59. The molecule has 0 saturated carbocycles. The first kappa shape index (κ1) is 17.9. The summed E-state index contributed by atoms with van der Waals surface area (Å²) in [4.78, 5) is 10.4. The lowest BCUT2D eigenvalue weighted by Crippen LogP contribution is -2.15. The molecule has 110 valence electrons. The molecule has 0 radical (unpaired) electrons. The van der Waals surface area contributed by atoms with Gasteiger partial charge in [0.2, 0.25) is 0 Å². The van der Waals surface area contributed by atoms with Gasteiger partial charge in [0.15, 0.2) is 0 Å². The minimum Gasteiger partial charge on any atom is -0.481 e. The van der Waals surface area contributed by atoms with Gasteiger partial charge in [-0.25, -0.2) is 0 Å². The number of carboxylic acid groups (broad SMARTS) is 1. The predicted molar refractivity (Wildman–Crippen MR) is 79.1 cm³/mol. The summed E-state index contributed by atoms with van der Waals surface area (Å²) in [6.45, 7) is 8.16. The number of carboxylic acids is 1. The van der Waals surface area contributed by atoms with Crippen molar-refractivity contribution in [3.63, 3.8) is 0 Å². The molecule has 19 heavy (non-hydrogen) atoms. The van der Waals surface area contributed by atoms with Crippen LogP contribution >= 0.6 is 0 Å². The summed E-state index contributed by atoms with van der Waals surface area (Å²) in [6.07, 6.45) is 7.14. The molecule has 0 aromatic heterocycles. The van der Waals surface area contributed by atoms with Gasteiger partial charge in [-0.15, -0.1) is 0 Å². The van der Waals surface area contributed by atoms with Crippen molar-refractivity contribution in [2.75, 3.05) is 0 Å². The Kier molecular flexibility index (Phi) is 9.23. The fourth-order valence-corrected chi connectivity index (χ4v) is 1.87. The summed E-state index contributed by atoms with van der Waals surface area (Å²) < 4.78 is 0. The highest BCUT2D eigenvalue weighted by molar-refractivity contribution is 5.66. The second kappa shape index (κ2) is 9.79. The SMILES string of the molecule is CC(C)=CCC/C(C)=C/C(O)C(C)CCCC(=O)O. The molecular formula is C16H28O3. The highest BCUT2D eigenvalue weighted by Crippen LogP contribution is 2.16. The third kappa shape index (κ3) is 10.5. The number of rotatable bonds is 9. The summed E-state index contributed by atoms with van der Waals surface area (Å²) in [5.41, 5.74) is 2.51. The molecule has 0 aliphatic rings. The van der Waals surface area contributed by atoms with E-state index in [-0.39, 0.29) is 12.3 Å². The van der Waals surface area contributed by atoms with Crippen LogP contribution in [-0.4, -0.2) is 22.3 Å². The van der Waals surface area contributed by atoms with Crippen LogP contribution < -0.4 is 0 Å². The molecule has 2 N–H and O–H groups in total. The highest BCUT2D eigenvalue weighted by atomic mass is 16.4. The molecule has 0 amide bonds. The van der Waals surface area contributed by atoms with Crippen LogP contribution in [0.5, 0.6) is 0 Å². The zero-order valence-electron chi connectivity index (χ0n) is 12.6. The van der Waals surface area contributed by atoms with Crippen molar-refractivity contribution in [2.24, 2.45) is 5.92 Å². The van der Waals surface area contributed by atoms with Crippen LogP contribution in [0.1, 0.15) is 59.8 Å². The van der Waals surface area contributed by atoms with Gasteiger partial charge in [0.05, 0.1) is 6.10 Å². The predicted octanol–water partition coefficient (Wildman–Crippen LogP) is 3.93. The van der Waals surface area contributed by atoms with Gasteiger partial charge in [-0.05, 0) is 52.4 Å². The molecule has 0 aliphatic carbocycles. The van der Waals surface area contributed by atoms with E-state index in [0.717, 1.165) is 19.3 Å². The number of aliphatic hydroxyl groups is 1. The van der Waals surface area contributed by atoms with Gasteiger partial charge in [-0.1, -0.05) is 30.2 Å². The van der Waals surface area contributed by atoms with E-state index in [1.807, 2.05) is 19.9 Å². The van der Waals surface area contributed by atoms with Gasteiger partial charge < -0.3 is 10.2 Å². The summed E-state index contributed by atoms with van der Waals surface area (Å²) >= 11 is 0. The van der Waals surface area contributed by atoms with E-state index in [9.17, 15) is 9.90 Å². The maximum absolute atomic E-state index is 10.4. The van der Waals surface area contributed by atoms with E-state index in [1.165, 1.54) is 11.1 Å². The molecule has 0 rings (SSSR count). The van der Waals surface area contributed by atoms with Crippen LogP contribution in [-0.2, 0) is 4.79 Å². The molecule has 0 spiro atoms. The van der Waals surface area contributed by atoms with Crippen molar-refractivity contribution in [3.05, 3.63) is 23.3 Å². The molecule has 2 atom stereocenters. The fourth-order valence-electron chi connectivity index (χ4n) is 1.87. The van der Waals surface area contributed by atoms with Gasteiger partial charge in [0.25, 0.3) is 0 Å². The van der Waals surface area contributed by atoms with E-state index in [1.54, 1.807) is 0 Å². The maximum Gasteiger partial charge on any atom is 0.303 e. The number of aliphatic carboxylic acids is 1. The Morgan fingerprint density at radius 3 is 2.37 bits per heavy atom. The Bertz CT molecular complexity index is 325. The van der Waals surface area contributed by atoms with Gasteiger partial charge >= 0.3 is 5.97 Å². The second-order valence-corrected chi connectivity index (χ2v) is 5.59. The third-order valence-electron chi connectivity index (χ3n) is 3.18. The van der Waals surface area contributed by atoms with Crippen molar-refractivity contribution in [3.8, 4) is 0 Å². The first-order chi connectivity index (χ1) is 8.82. The van der Waals surface area contributed by atoms with Crippen LogP contribution in [0.25, 0.3) is 0 Å². The monoisotopic (exact) mass is 268 g/mol. The van der Waals surface area contributed by atoms with Crippen molar-refractivity contribution >= 4 is 5.97 Å². The van der Waals surface area contributed by atoms with E-state index in [2.05, 4.69) is 19.9 Å². The summed E-state index contributed by atoms with van der Waals surface area (Å²) in [5.74, 6) is -0.659. The quantitative estimate of drug-likeness (QED) is 0.623. The average molecular weight is 268 g/mol. The van der Waals surface area contributed by atoms with Gasteiger partial charge in [0, 0.05) is 6.42 Å². The van der Waals surface area contributed by atoms with E-state index < -0.39 is 12.1 Å². The molecule has 2 unspecified atom stereocenters. The van der Waals surface area contributed by atoms with Crippen molar-refractivity contribution in [1.82, 2.24) is 0 Å². The minimum atomic E-state index is -0.768. The third-order valence-corrected chi connectivity index (χ3v) is 3.18. The lowest BCUT2D eigenvalue weighted by atomic mass is 9.95. The minimum absolute atomic E-state index is 0.109. The summed E-state index contributed by atoms with van der Waals surface area (Å²) in [6, 6.07) is 0. The largest absolute Gasteiger partial charge is 0.481 e. The molecular weight excluding hydrogens is 240 g/mol. The van der Waals surface area contributed by atoms with Gasteiger partial charge in [0.1, 0.15) is 0 Å². The summed E-state index contributed by atoms with van der Waals surface area (Å²) in [7, 11) is 0. The van der Waals surface area contributed by atoms with Crippen LogP contribution in [0.4, 0.5) is 0 Å². The van der Waals surface area contributed by atoms with E-state index in [4.69, 9.17) is 5.11 Å². The standard InChI is InChI=1S/C16H28O3/c1-12(2)7-5-8-13(3)11-15(17)14(4)9-6-10-16(18)19/h7,11,14-15,17H,5-6,8-10H2,1-4H3,(H,18,19)/b13-11+. The van der Waals surface area contributed by atoms with Crippen LogP contribution in [0.2, 0.25) is 0 Å². The molecule has 0 fully saturated rings. The molecule has 0 aromatic carbocycles. The first-order valence-corrected chi connectivity index (χ1v) is 7.03. The zero-order chi connectivity index (χ0) is 14.8. The van der Waals surface area contributed by atoms with E-state index in [0.29, 0.717) is 6.42 Å². The van der Waals surface area contributed by atoms with Crippen LogP contribution in [0.3, 0.4) is 0 Å². The van der Waals surface area contributed by atoms with Crippen molar-refractivity contribution in [2.45, 2.75) is 65.9 Å². The Labute approximate surface area is 117 Å². The molecule has 0 bridgehead atoms. The Hall–Kier alpha value is -1.09. The smallest absolute Gasteiger partial charge is 0.303 e. The molecule has 3 nitrogen and oxygen atoms in total. The van der Waals surface area contributed by atoms with Gasteiger partial charge in [-0.2, -0.15) is 0 Å². The average Bonchev–Trinajstić information content (AvgIpc) is 2.27. The van der Waals surface area contributed by atoms with Crippen LogP contribution in [0.15, 0.2) is 23.3 Å². The van der Waals surface area contributed by atoms with Crippen LogP contribution in [0, 0.1) is 5.92 Å². The fraction of sp³-hybridized carbons (Fsp3) is 0.688. The lowest BCUT2D eigenvalue weighted by molar-refractivity contribution is -0.137. The highest BCUT2D eigenvalue weighted by Gasteiger charge is 2.12. The van der Waals surface area contributed by atoms with Gasteiger partial charge in [-0.3, -0.25) is 4.79 Å². The number of hydrogen-bond acceptors (Lipinski definition) is 2. The Balaban J connectivity index is 4.06. The van der Waals surface area contributed by atoms with Crippen molar-refractivity contribution < 1.29 is 15.0 Å². The molecule has 0 aliphatic heterocycles. The molecule has 0 saturated heterocycles. The normalized spacial score (nSPS) is 14.9. The lowest BCUT2D eigenvalue weighted by Gasteiger charge is -2.16.